The molecular formula is C27H14BrClN2O6S. The van der Waals surface area contributed by atoms with Crippen molar-refractivity contribution >= 4 is 84.6 Å². The molecule has 0 spiro atoms. The minimum absolute atomic E-state index is 0.0281. The Morgan fingerprint density at radius 2 is 1.89 bits per heavy atom. The van der Waals surface area contributed by atoms with Crippen molar-refractivity contribution < 1.29 is 24.0 Å². The zero-order valence-electron chi connectivity index (χ0n) is 19.1. The van der Waals surface area contributed by atoms with Gasteiger partial charge in [-0.15, -0.1) is 11.3 Å². The van der Waals surface area contributed by atoms with E-state index in [0.29, 0.717) is 20.1 Å². The second-order valence-electron chi connectivity index (χ2n) is 7.87. The molecular weight excluding hydrogens is 596 g/mol. The molecule has 4 aromatic rings. The Morgan fingerprint density at radius 3 is 2.66 bits per heavy atom. The van der Waals surface area contributed by atoms with Crippen LogP contribution in [0.3, 0.4) is 0 Å². The van der Waals surface area contributed by atoms with E-state index in [4.69, 9.17) is 21.1 Å². The van der Waals surface area contributed by atoms with Crippen LogP contribution in [0, 0.1) is 10.1 Å². The molecule has 1 aromatic heterocycles. The van der Waals surface area contributed by atoms with Gasteiger partial charge in [-0.05, 0) is 42.0 Å². The van der Waals surface area contributed by atoms with Crippen LogP contribution in [0.4, 0.5) is 5.69 Å². The van der Waals surface area contributed by atoms with Gasteiger partial charge in [0.15, 0.2) is 5.70 Å². The van der Waals surface area contributed by atoms with Crippen molar-refractivity contribution in [3.8, 4) is 5.75 Å². The molecule has 1 aliphatic heterocycles. The standard InChI is InChI=1S/C27H14BrClN2O6S/c28-17-7-10-21(36-27(33)25-24(29)19-9-8-18(31(34)35)14-22(19)38-25)16(12-17)13-20-26(32)37-23(30-20)11-6-15-4-2-1-3-5-15/h1-14H/b11-6+,20-13+. The Kier molecular flexibility index (Phi) is 7.19. The lowest BCUT2D eigenvalue weighted by atomic mass is 10.1. The maximum Gasteiger partial charge on any atom is 0.363 e. The topological polar surface area (TPSA) is 108 Å². The number of halogens is 2. The number of aliphatic imine (C=N–C) groups is 1. The number of rotatable bonds is 6. The summed E-state index contributed by atoms with van der Waals surface area (Å²) in [5.41, 5.74) is 1.23. The van der Waals surface area contributed by atoms with Gasteiger partial charge in [-0.1, -0.05) is 57.9 Å². The number of non-ortho nitro benzene ring substituents is 1. The highest BCUT2D eigenvalue weighted by Gasteiger charge is 2.24. The molecule has 0 fully saturated rings. The number of hydrogen-bond acceptors (Lipinski definition) is 8. The summed E-state index contributed by atoms with van der Waals surface area (Å²) >= 11 is 10.8. The summed E-state index contributed by atoms with van der Waals surface area (Å²) in [6, 6.07) is 18.5. The highest BCUT2D eigenvalue weighted by molar-refractivity contribution is 9.10. The van der Waals surface area contributed by atoms with Crippen molar-refractivity contribution in [3.05, 3.63) is 114 Å². The molecule has 0 radical (unpaired) electrons. The minimum Gasteiger partial charge on any atom is -0.422 e. The van der Waals surface area contributed by atoms with Crippen LogP contribution in [0.2, 0.25) is 5.02 Å². The molecule has 0 saturated carbocycles. The van der Waals surface area contributed by atoms with Gasteiger partial charge in [0.2, 0.25) is 5.90 Å². The normalized spacial score (nSPS) is 14.2. The third kappa shape index (κ3) is 5.42. The molecule has 0 bridgehead atoms. The van der Waals surface area contributed by atoms with Crippen LogP contribution in [-0.4, -0.2) is 22.8 Å². The highest BCUT2D eigenvalue weighted by Crippen LogP contribution is 2.38. The molecule has 2 heterocycles. The zero-order valence-corrected chi connectivity index (χ0v) is 22.2. The maximum atomic E-state index is 13.0. The van der Waals surface area contributed by atoms with Gasteiger partial charge in [0.25, 0.3) is 5.69 Å². The number of cyclic esters (lactones) is 1. The molecule has 0 unspecified atom stereocenters. The summed E-state index contributed by atoms with van der Waals surface area (Å²) in [6.07, 6.45) is 4.81. The lowest BCUT2D eigenvalue weighted by Gasteiger charge is -2.08. The van der Waals surface area contributed by atoms with Crippen molar-refractivity contribution in [2.45, 2.75) is 0 Å². The van der Waals surface area contributed by atoms with E-state index in [0.717, 1.165) is 16.9 Å². The Labute approximate surface area is 232 Å². The van der Waals surface area contributed by atoms with E-state index in [9.17, 15) is 19.7 Å². The van der Waals surface area contributed by atoms with Gasteiger partial charge >= 0.3 is 11.9 Å². The first-order chi connectivity index (χ1) is 18.3. The van der Waals surface area contributed by atoms with Gasteiger partial charge < -0.3 is 9.47 Å². The molecule has 11 heteroatoms. The smallest absolute Gasteiger partial charge is 0.363 e. The van der Waals surface area contributed by atoms with E-state index < -0.39 is 16.9 Å². The average Bonchev–Trinajstić information content (AvgIpc) is 3.43. The van der Waals surface area contributed by atoms with Gasteiger partial charge in [0.1, 0.15) is 10.6 Å². The first kappa shape index (κ1) is 25.5. The van der Waals surface area contributed by atoms with Crippen LogP contribution in [-0.2, 0) is 9.53 Å². The van der Waals surface area contributed by atoms with Gasteiger partial charge in [-0.3, -0.25) is 10.1 Å². The van der Waals surface area contributed by atoms with Gasteiger partial charge in [0.05, 0.1) is 9.95 Å². The summed E-state index contributed by atoms with van der Waals surface area (Å²) < 4.78 is 12.0. The summed E-state index contributed by atoms with van der Waals surface area (Å²) in [4.78, 5) is 40.4. The van der Waals surface area contributed by atoms with Crippen molar-refractivity contribution in [1.82, 2.24) is 0 Å². The molecule has 1 aliphatic rings. The Balaban J connectivity index is 1.43. The lowest BCUT2D eigenvalue weighted by molar-refractivity contribution is -0.384. The van der Waals surface area contributed by atoms with Crippen molar-refractivity contribution in [1.29, 1.82) is 0 Å². The highest BCUT2D eigenvalue weighted by atomic mass is 79.9. The fourth-order valence-electron chi connectivity index (χ4n) is 3.55. The quantitative estimate of drug-likeness (QED) is 0.0738. The number of nitrogens with zero attached hydrogens (tertiary/aromatic N) is 2. The van der Waals surface area contributed by atoms with Crippen LogP contribution in [0.5, 0.6) is 5.75 Å². The molecule has 0 saturated heterocycles. The van der Waals surface area contributed by atoms with Gasteiger partial charge in [0, 0.05) is 38.3 Å². The molecule has 0 N–H and O–H groups in total. The number of nitro groups is 1. The molecule has 0 aliphatic carbocycles. The number of thiophene rings is 1. The number of carbonyl (C=O) groups excluding carboxylic acids is 2. The largest absolute Gasteiger partial charge is 0.422 e. The fourth-order valence-corrected chi connectivity index (χ4v) is 5.34. The summed E-state index contributed by atoms with van der Waals surface area (Å²) in [6.45, 7) is 0. The predicted octanol–water partition coefficient (Wildman–Crippen LogP) is 7.45. The van der Waals surface area contributed by atoms with E-state index in [1.54, 1.807) is 30.4 Å². The van der Waals surface area contributed by atoms with E-state index in [2.05, 4.69) is 20.9 Å². The second kappa shape index (κ2) is 10.7. The van der Waals surface area contributed by atoms with E-state index in [-0.39, 0.29) is 32.9 Å². The molecule has 0 atom stereocenters. The van der Waals surface area contributed by atoms with Crippen molar-refractivity contribution in [3.63, 3.8) is 0 Å². The number of ether oxygens (including phenoxy) is 2. The number of fused-ring (bicyclic) bond motifs is 1. The number of hydrogen-bond donors (Lipinski definition) is 0. The summed E-state index contributed by atoms with van der Waals surface area (Å²) in [5.74, 6) is -1.11. The molecule has 38 heavy (non-hydrogen) atoms. The van der Waals surface area contributed by atoms with Crippen LogP contribution in [0.15, 0.2) is 88.0 Å². The molecule has 5 rings (SSSR count). The van der Waals surface area contributed by atoms with Crippen LogP contribution < -0.4 is 4.74 Å². The van der Waals surface area contributed by atoms with Gasteiger partial charge in [-0.2, -0.15) is 0 Å². The first-order valence-electron chi connectivity index (χ1n) is 10.9. The average molecular weight is 610 g/mol. The van der Waals surface area contributed by atoms with E-state index in [1.807, 2.05) is 30.3 Å². The molecule has 3 aromatic carbocycles. The van der Waals surface area contributed by atoms with Crippen molar-refractivity contribution in [2.24, 2.45) is 4.99 Å². The summed E-state index contributed by atoms with van der Waals surface area (Å²) in [7, 11) is 0. The first-order valence-corrected chi connectivity index (χ1v) is 12.9. The minimum atomic E-state index is -0.746. The number of benzene rings is 3. The third-order valence-electron chi connectivity index (χ3n) is 5.33. The fraction of sp³-hybridized carbons (Fsp3) is 0. The lowest BCUT2D eigenvalue weighted by Crippen LogP contribution is -2.08. The van der Waals surface area contributed by atoms with E-state index >= 15 is 0 Å². The third-order valence-corrected chi connectivity index (χ3v) is 7.46. The van der Waals surface area contributed by atoms with E-state index in [1.165, 1.54) is 24.3 Å². The Hall–Kier alpha value is -4.12. The summed E-state index contributed by atoms with van der Waals surface area (Å²) in [5, 5.41) is 11.7. The number of esters is 2. The van der Waals surface area contributed by atoms with Gasteiger partial charge in [-0.25, -0.2) is 14.6 Å². The Bertz CT molecular complexity index is 1710. The monoisotopic (exact) mass is 608 g/mol. The second-order valence-corrected chi connectivity index (χ2v) is 10.2. The predicted molar refractivity (Wildman–Crippen MR) is 150 cm³/mol. The zero-order chi connectivity index (χ0) is 26.8. The Morgan fingerprint density at radius 1 is 1.11 bits per heavy atom. The molecule has 8 nitrogen and oxygen atoms in total. The van der Waals surface area contributed by atoms with Crippen LogP contribution in [0.1, 0.15) is 20.8 Å². The number of nitro benzene ring substituents is 1. The van der Waals surface area contributed by atoms with Crippen LogP contribution >= 0.6 is 38.9 Å². The van der Waals surface area contributed by atoms with Crippen molar-refractivity contribution in [2.75, 3.05) is 0 Å². The maximum absolute atomic E-state index is 13.0. The van der Waals surface area contributed by atoms with Crippen LogP contribution in [0.25, 0.3) is 22.2 Å². The SMILES string of the molecule is O=C1OC(/C=C/c2ccccc2)=NC/1=C/c1cc(Br)ccc1OC(=O)c1sc2cc([N+](=O)[O-])ccc2c1Cl. The molecule has 0 amide bonds. The molecule has 188 valence electrons. The number of carbonyl (C=O) groups is 2.